The minimum atomic E-state index is 0.928. The number of rotatable bonds is 4. The van der Waals surface area contributed by atoms with Gasteiger partial charge in [-0.1, -0.05) is 134 Å². The highest BCUT2D eigenvalue weighted by Crippen LogP contribution is 2.53. The summed E-state index contributed by atoms with van der Waals surface area (Å²) in [5.74, 6) is 0. The molecule has 0 unspecified atom stereocenters. The van der Waals surface area contributed by atoms with Crippen molar-refractivity contribution in [2.45, 2.75) is 23.1 Å². The van der Waals surface area contributed by atoms with E-state index in [1.165, 1.54) is 92.2 Å². The van der Waals surface area contributed by atoms with Crippen LogP contribution in [-0.2, 0) is 6.42 Å². The standard InChI is InChI=1S/C50H32OS/c1-2-36-38-22-19-31(32-20-23-40-39-15-8-9-17-45(39)51-46(40)28-32)26-44(38)41-16-10-18-47-50(41)49(36)42-24-21-34(29-48(42)52-47)43-27-35(30-11-4-3-5-12-30)25-33-13-6-7-14-37(33)43/h3-29H,2H2,1H3. The third kappa shape index (κ3) is 4.44. The van der Waals surface area contributed by atoms with E-state index in [9.17, 15) is 0 Å². The van der Waals surface area contributed by atoms with Crippen LogP contribution in [0.3, 0.4) is 0 Å². The smallest absolute Gasteiger partial charge is 0.136 e. The Hall–Kier alpha value is -6.09. The topological polar surface area (TPSA) is 13.1 Å². The van der Waals surface area contributed by atoms with Crippen LogP contribution >= 0.6 is 11.8 Å². The fourth-order valence-corrected chi connectivity index (χ4v) is 9.77. The first kappa shape index (κ1) is 29.6. The molecule has 0 saturated heterocycles. The molecule has 0 aliphatic carbocycles. The molecule has 1 aliphatic rings. The summed E-state index contributed by atoms with van der Waals surface area (Å²) >= 11 is 1.91. The molecule has 52 heavy (non-hydrogen) atoms. The van der Waals surface area contributed by atoms with Gasteiger partial charge in [0.15, 0.2) is 0 Å². The van der Waals surface area contributed by atoms with E-state index in [2.05, 4.69) is 159 Å². The van der Waals surface area contributed by atoms with Gasteiger partial charge in [-0.2, -0.15) is 0 Å². The molecule has 0 bridgehead atoms. The molecule has 0 amide bonds. The third-order valence-corrected chi connectivity index (χ3v) is 12.1. The number of furan rings is 1. The first-order valence-electron chi connectivity index (χ1n) is 18.1. The van der Waals surface area contributed by atoms with E-state index in [0.29, 0.717) is 0 Å². The van der Waals surface area contributed by atoms with Gasteiger partial charge in [-0.3, -0.25) is 0 Å². The molecule has 11 rings (SSSR count). The van der Waals surface area contributed by atoms with E-state index in [1.807, 2.05) is 23.9 Å². The molecule has 0 spiro atoms. The number of para-hydroxylation sites is 1. The van der Waals surface area contributed by atoms with Crippen molar-refractivity contribution in [1.82, 2.24) is 0 Å². The van der Waals surface area contributed by atoms with Gasteiger partial charge >= 0.3 is 0 Å². The van der Waals surface area contributed by atoms with Crippen LogP contribution in [0.5, 0.6) is 0 Å². The summed E-state index contributed by atoms with van der Waals surface area (Å²) in [4.78, 5) is 2.64. The number of hydrogen-bond acceptors (Lipinski definition) is 2. The van der Waals surface area contributed by atoms with Crippen LogP contribution in [-0.4, -0.2) is 0 Å². The summed E-state index contributed by atoms with van der Waals surface area (Å²) in [7, 11) is 0. The summed E-state index contributed by atoms with van der Waals surface area (Å²) < 4.78 is 6.28. The van der Waals surface area contributed by atoms with Gasteiger partial charge in [0.05, 0.1) is 0 Å². The average Bonchev–Trinajstić information content (AvgIpc) is 3.58. The maximum Gasteiger partial charge on any atom is 0.136 e. The summed E-state index contributed by atoms with van der Waals surface area (Å²) in [6, 6.07) is 60.2. The predicted octanol–water partition coefficient (Wildman–Crippen LogP) is 14.7. The SMILES string of the molecule is CCc1c2c3c(cccc3c3cc(-c4ccc5c(c4)oc4ccccc45)ccc13)Sc1cc(-c3cc(-c4ccccc4)cc4ccccc34)ccc1-2. The lowest BCUT2D eigenvalue weighted by Crippen LogP contribution is -2.00. The van der Waals surface area contributed by atoms with Crippen LogP contribution in [0.15, 0.2) is 178 Å². The lowest BCUT2D eigenvalue weighted by atomic mass is 9.85. The maximum atomic E-state index is 6.28. The fraction of sp³-hybridized carbons (Fsp3) is 0.0400. The number of fused-ring (bicyclic) bond motifs is 8. The third-order valence-electron chi connectivity index (χ3n) is 11.0. The molecular weight excluding hydrogens is 649 g/mol. The quantitative estimate of drug-likeness (QED) is 0.172. The Kier molecular flexibility index (Phi) is 6.53. The highest BCUT2D eigenvalue weighted by Gasteiger charge is 2.25. The minimum absolute atomic E-state index is 0.928. The van der Waals surface area contributed by atoms with Crippen molar-refractivity contribution in [3.63, 3.8) is 0 Å². The molecule has 1 nitrogen and oxygen atoms in total. The monoisotopic (exact) mass is 680 g/mol. The summed E-state index contributed by atoms with van der Waals surface area (Å²) in [6.45, 7) is 2.31. The van der Waals surface area contributed by atoms with Gasteiger partial charge in [-0.25, -0.2) is 0 Å². The van der Waals surface area contributed by atoms with Gasteiger partial charge in [-0.05, 0) is 132 Å². The van der Waals surface area contributed by atoms with Gasteiger partial charge in [0.2, 0.25) is 0 Å². The average molecular weight is 681 g/mol. The molecule has 0 atom stereocenters. The van der Waals surface area contributed by atoms with Crippen molar-refractivity contribution < 1.29 is 4.42 Å². The Balaban J connectivity index is 1.08. The second kappa shape index (κ2) is 11.5. The molecule has 0 saturated carbocycles. The van der Waals surface area contributed by atoms with Crippen molar-refractivity contribution in [1.29, 1.82) is 0 Å². The minimum Gasteiger partial charge on any atom is -0.456 e. The van der Waals surface area contributed by atoms with Crippen molar-refractivity contribution in [3.05, 3.63) is 169 Å². The van der Waals surface area contributed by atoms with E-state index in [1.54, 1.807) is 0 Å². The Morgan fingerprint density at radius 1 is 0.423 bits per heavy atom. The maximum absolute atomic E-state index is 6.28. The first-order valence-corrected chi connectivity index (χ1v) is 18.9. The molecule has 0 fully saturated rings. The van der Waals surface area contributed by atoms with Crippen molar-refractivity contribution in [2.24, 2.45) is 0 Å². The van der Waals surface area contributed by atoms with Gasteiger partial charge in [-0.15, -0.1) is 0 Å². The lowest BCUT2D eigenvalue weighted by Gasteiger charge is -2.26. The van der Waals surface area contributed by atoms with Gasteiger partial charge in [0.25, 0.3) is 0 Å². The highest BCUT2D eigenvalue weighted by atomic mass is 32.2. The molecule has 2 heterocycles. The zero-order valence-corrected chi connectivity index (χ0v) is 29.4. The second-order valence-electron chi connectivity index (χ2n) is 13.9. The lowest BCUT2D eigenvalue weighted by molar-refractivity contribution is 0.669. The molecule has 244 valence electrons. The highest BCUT2D eigenvalue weighted by molar-refractivity contribution is 7.99. The largest absolute Gasteiger partial charge is 0.456 e. The Morgan fingerprint density at radius 2 is 1.15 bits per heavy atom. The molecule has 2 heteroatoms. The molecular formula is C50H32OS. The van der Waals surface area contributed by atoms with E-state index in [4.69, 9.17) is 4.42 Å². The molecule has 1 aliphatic heterocycles. The predicted molar refractivity (Wildman–Crippen MR) is 221 cm³/mol. The van der Waals surface area contributed by atoms with Crippen LogP contribution in [0.2, 0.25) is 0 Å². The van der Waals surface area contributed by atoms with E-state index in [-0.39, 0.29) is 0 Å². The van der Waals surface area contributed by atoms with Crippen LogP contribution in [0.4, 0.5) is 0 Å². The van der Waals surface area contributed by atoms with Crippen molar-refractivity contribution in [3.8, 4) is 44.5 Å². The Morgan fingerprint density at radius 3 is 2.04 bits per heavy atom. The van der Waals surface area contributed by atoms with Gasteiger partial charge in [0.1, 0.15) is 11.2 Å². The van der Waals surface area contributed by atoms with E-state index >= 15 is 0 Å². The van der Waals surface area contributed by atoms with Crippen molar-refractivity contribution >= 4 is 66.0 Å². The molecule has 1 aromatic heterocycles. The number of benzene rings is 9. The molecule has 9 aromatic carbocycles. The van der Waals surface area contributed by atoms with Crippen LogP contribution in [0, 0.1) is 0 Å². The summed E-state index contributed by atoms with van der Waals surface area (Å²) in [5.41, 5.74) is 13.4. The zero-order valence-electron chi connectivity index (χ0n) is 28.6. The zero-order chi connectivity index (χ0) is 34.3. The Bertz CT molecular complexity index is 3080. The molecule has 0 N–H and O–H groups in total. The summed E-state index contributed by atoms with van der Waals surface area (Å²) in [6.07, 6.45) is 0.954. The van der Waals surface area contributed by atoms with Crippen LogP contribution < -0.4 is 0 Å². The van der Waals surface area contributed by atoms with Crippen molar-refractivity contribution in [2.75, 3.05) is 0 Å². The molecule has 10 aromatic rings. The van der Waals surface area contributed by atoms with Crippen LogP contribution in [0.25, 0.3) is 98.8 Å². The van der Waals surface area contributed by atoms with E-state index < -0.39 is 0 Å². The first-order chi connectivity index (χ1) is 25.7. The fourth-order valence-electron chi connectivity index (χ4n) is 8.61. The Labute approximate surface area is 306 Å². The van der Waals surface area contributed by atoms with Crippen LogP contribution in [0.1, 0.15) is 12.5 Å². The molecule has 0 radical (unpaired) electrons. The van der Waals surface area contributed by atoms with Gasteiger partial charge < -0.3 is 4.42 Å². The number of hydrogen-bond donors (Lipinski definition) is 0. The number of aryl methyl sites for hydroxylation is 1. The normalized spacial score (nSPS) is 12.3. The summed E-state index contributed by atoms with van der Waals surface area (Å²) in [5, 5.41) is 10.2. The van der Waals surface area contributed by atoms with Gasteiger partial charge in [0, 0.05) is 25.9 Å². The van der Waals surface area contributed by atoms with E-state index in [0.717, 1.165) is 28.4 Å². The second-order valence-corrected chi connectivity index (χ2v) is 15.0.